The average molecular weight is 301 g/mol. The quantitative estimate of drug-likeness (QED) is 0.233. The molecule has 8 heteroatoms. The highest BCUT2D eigenvalue weighted by Gasteiger charge is 2.41. The fourth-order valence-corrected chi connectivity index (χ4v) is 2.54. The molecule has 0 aromatic heterocycles. The van der Waals surface area contributed by atoms with Crippen LogP contribution in [-0.4, -0.2) is 42.7 Å². The number of nitrogens with one attached hydrogen (secondary N) is 1. The normalized spacial score (nSPS) is 18.0. The standard InChI is InChI=1S/C12H19N3O4S/c1-12(2,3)20(19)15-8(7-4-5-7)6-9(16)10(14-13)11(17)18/h7-8,15H,4-6H2,1-3H3,(H,17,18). The molecule has 2 N–H and O–H groups in total. The molecule has 1 aliphatic rings. The molecule has 0 aromatic rings. The molecule has 1 aliphatic carbocycles. The highest BCUT2D eigenvalue weighted by atomic mass is 32.2. The number of hydrogen-bond acceptors (Lipinski definition) is 4. The molecular weight excluding hydrogens is 282 g/mol. The molecule has 1 saturated carbocycles. The van der Waals surface area contributed by atoms with Crippen molar-refractivity contribution in [2.24, 2.45) is 5.92 Å². The molecule has 0 saturated heterocycles. The van der Waals surface area contributed by atoms with Gasteiger partial charge in [-0.05, 0) is 39.5 Å². The molecule has 1 fully saturated rings. The summed E-state index contributed by atoms with van der Waals surface area (Å²) in [4.78, 5) is 25.0. The predicted octanol–water partition coefficient (Wildman–Crippen LogP) is 0.531. The predicted molar refractivity (Wildman–Crippen MR) is 73.4 cm³/mol. The Kier molecular flexibility index (Phi) is 5.47. The summed E-state index contributed by atoms with van der Waals surface area (Å²) in [6, 6.07) is -0.362. The van der Waals surface area contributed by atoms with E-state index < -0.39 is 33.6 Å². The number of rotatable bonds is 7. The first-order chi connectivity index (χ1) is 9.16. The van der Waals surface area contributed by atoms with Crippen molar-refractivity contribution < 1.29 is 24.0 Å². The van der Waals surface area contributed by atoms with Gasteiger partial charge in [0.1, 0.15) is 4.75 Å². The Bertz CT molecular complexity index is 450. The Labute approximate surface area is 120 Å². The Balaban J connectivity index is 2.72. The summed E-state index contributed by atoms with van der Waals surface area (Å²) >= 11 is -1.34. The molecule has 0 spiro atoms. The zero-order valence-corrected chi connectivity index (χ0v) is 12.6. The SMILES string of the molecule is CC(C)(C)[S+]([O-])NC(CC(=O)C(=[N+]=[N-])C(=O)O)C1CC1. The van der Waals surface area contributed by atoms with Gasteiger partial charge in [-0.2, -0.15) is 4.79 Å². The maximum Gasteiger partial charge on any atom is 0.441 e. The number of carboxylic acids is 1. The van der Waals surface area contributed by atoms with Gasteiger partial charge >= 0.3 is 11.7 Å². The van der Waals surface area contributed by atoms with Gasteiger partial charge in [-0.3, -0.25) is 4.79 Å². The first-order valence-electron chi connectivity index (χ1n) is 6.33. The van der Waals surface area contributed by atoms with E-state index in [1.807, 2.05) is 0 Å². The smallest absolute Gasteiger partial charge is 0.441 e. The Hall–Kier alpha value is -1.21. The molecular formula is C12H19N3O4S. The summed E-state index contributed by atoms with van der Waals surface area (Å²) in [5.41, 5.74) is 7.66. The largest absolute Gasteiger partial charge is 0.598 e. The van der Waals surface area contributed by atoms with Crippen LogP contribution in [0.15, 0.2) is 0 Å². The minimum Gasteiger partial charge on any atom is -0.598 e. The average Bonchev–Trinajstić information content (AvgIpc) is 3.10. The summed E-state index contributed by atoms with van der Waals surface area (Å²) < 4.78 is 14.5. The van der Waals surface area contributed by atoms with Crippen LogP contribution in [0.4, 0.5) is 0 Å². The maximum absolute atomic E-state index is 12.1. The van der Waals surface area contributed by atoms with E-state index in [0.717, 1.165) is 12.8 Å². The number of carboxylic acid groups (broad SMARTS) is 1. The molecule has 1 rings (SSSR count). The van der Waals surface area contributed by atoms with Gasteiger partial charge in [0.25, 0.3) is 5.78 Å². The second-order valence-corrected chi connectivity index (χ2v) is 7.82. The summed E-state index contributed by atoms with van der Waals surface area (Å²) in [6.07, 6.45) is 1.67. The molecule has 0 heterocycles. The molecule has 0 amide bonds. The van der Waals surface area contributed by atoms with Crippen LogP contribution in [0.3, 0.4) is 0 Å². The number of carbonyl (C=O) groups excluding carboxylic acids is 1. The lowest BCUT2D eigenvalue weighted by Gasteiger charge is -2.27. The topological polar surface area (TPSA) is 126 Å². The number of ketones is 1. The van der Waals surface area contributed by atoms with Crippen molar-refractivity contribution in [3.63, 3.8) is 0 Å². The molecule has 7 nitrogen and oxygen atoms in total. The molecule has 2 atom stereocenters. The fourth-order valence-electron chi connectivity index (χ4n) is 1.63. The highest BCUT2D eigenvalue weighted by Crippen LogP contribution is 2.35. The fraction of sp³-hybridized carbons (Fsp3) is 0.750. The van der Waals surface area contributed by atoms with E-state index in [0.29, 0.717) is 0 Å². The van der Waals surface area contributed by atoms with Crippen molar-refractivity contribution in [3.8, 4) is 0 Å². The zero-order chi connectivity index (χ0) is 15.5. The van der Waals surface area contributed by atoms with Gasteiger partial charge in [0.15, 0.2) is 0 Å². The van der Waals surface area contributed by atoms with Gasteiger partial charge in [0.05, 0.1) is 6.04 Å². The van der Waals surface area contributed by atoms with Crippen molar-refractivity contribution >= 4 is 28.8 Å². The molecule has 20 heavy (non-hydrogen) atoms. The molecule has 0 radical (unpaired) electrons. The third-order valence-electron chi connectivity index (χ3n) is 2.98. The Morgan fingerprint density at radius 2 is 2.05 bits per heavy atom. The van der Waals surface area contributed by atoms with E-state index in [4.69, 9.17) is 10.6 Å². The van der Waals surface area contributed by atoms with Crippen LogP contribution >= 0.6 is 0 Å². The summed E-state index contributed by atoms with van der Waals surface area (Å²) in [7, 11) is 0. The minimum atomic E-state index is -1.57. The van der Waals surface area contributed by atoms with Gasteiger partial charge in [-0.15, -0.1) is 4.72 Å². The lowest BCUT2D eigenvalue weighted by Crippen LogP contribution is -2.47. The third kappa shape index (κ3) is 4.72. The Morgan fingerprint density at radius 3 is 2.40 bits per heavy atom. The number of Topliss-reactive ketones (excluding diaryl/α,β-unsaturated/α-hetero) is 1. The van der Waals surface area contributed by atoms with Gasteiger partial charge < -0.3 is 15.2 Å². The number of carbonyl (C=O) groups is 2. The Morgan fingerprint density at radius 1 is 1.50 bits per heavy atom. The lowest BCUT2D eigenvalue weighted by molar-refractivity contribution is -0.136. The van der Waals surface area contributed by atoms with Gasteiger partial charge in [0, 0.05) is 17.8 Å². The van der Waals surface area contributed by atoms with Crippen molar-refractivity contribution in [2.45, 2.75) is 50.8 Å². The first-order valence-corrected chi connectivity index (χ1v) is 7.48. The van der Waals surface area contributed by atoms with Gasteiger partial charge in [-0.1, -0.05) is 0 Å². The molecule has 0 aromatic carbocycles. The van der Waals surface area contributed by atoms with Crippen LogP contribution in [-0.2, 0) is 21.0 Å². The van der Waals surface area contributed by atoms with E-state index in [1.165, 1.54) is 0 Å². The maximum atomic E-state index is 12.1. The van der Waals surface area contributed by atoms with Crippen molar-refractivity contribution in [3.05, 3.63) is 5.53 Å². The zero-order valence-electron chi connectivity index (χ0n) is 11.8. The molecule has 2 unspecified atom stereocenters. The lowest BCUT2D eigenvalue weighted by atomic mass is 10.0. The second-order valence-electron chi connectivity index (χ2n) is 5.82. The monoisotopic (exact) mass is 301 g/mol. The first kappa shape index (κ1) is 16.8. The summed E-state index contributed by atoms with van der Waals surface area (Å²) in [6.45, 7) is 5.42. The molecule has 0 aliphatic heterocycles. The van der Waals surface area contributed by atoms with Gasteiger partial charge in [-0.25, -0.2) is 4.79 Å². The van der Waals surface area contributed by atoms with Crippen LogP contribution in [0, 0.1) is 5.92 Å². The van der Waals surface area contributed by atoms with Crippen LogP contribution in [0.5, 0.6) is 0 Å². The van der Waals surface area contributed by atoms with Crippen molar-refractivity contribution in [1.29, 1.82) is 0 Å². The van der Waals surface area contributed by atoms with E-state index in [1.54, 1.807) is 20.8 Å². The third-order valence-corrected chi connectivity index (χ3v) is 4.61. The van der Waals surface area contributed by atoms with E-state index in [9.17, 15) is 14.1 Å². The van der Waals surface area contributed by atoms with Crippen LogP contribution in [0.2, 0.25) is 0 Å². The van der Waals surface area contributed by atoms with Gasteiger partial charge in [0.2, 0.25) is 0 Å². The van der Waals surface area contributed by atoms with Crippen LogP contribution in [0.1, 0.15) is 40.0 Å². The minimum absolute atomic E-state index is 0.141. The molecule has 112 valence electrons. The highest BCUT2D eigenvalue weighted by molar-refractivity contribution is 7.90. The number of nitrogens with zero attached hydrogens (tertiary/aromatic N) is 2. The van der Waals surface area contributed by atoms with Crippen LogP contribution in [0.25, 0.3) is 5.53 Å². The second kappa shape index (κ2) is 6.49. The van der Waals surface area contributed by atoms with Crippen LogP contribution < -0.4 is 4.72 Å². The summed E-state index contributed by atoms with van der Waals surface area (Å²) in [5, 5.41) is 8.73. The number of aliphatic carboxylic acids is 1. The summed E-state index contributed by atoms with van der Waals surface area (Å²) in [5.74, 6) is -2.13. The number of hydrogen-bond donors (Lipinski definition) is 2. The van der Waals surface area contributed by atoms with Crippen molar-refractivity contribution in [2.75, 3.05) is 0 Å². The van der Waals surface area contributed by atoms with E-state index in [2.05, 4.69) is 9.51 Å². The van der Waals surface area contributed by atoms with E-state index in [-0.39, 0.29) is 18.4 Å². The van der Waals surface area contributed by atoms with Crippen molar-refractivity contribution in [1.82, 2.24) is 4.72 Å². The molecule has 0 bridgehead atoms. The van der Waals surface area contributed by atoms with E-state index >= 15 is 0 Å².